The van der Waals surface area contributed by atoms with E-state index in [4.69, 9.17) is 4.74 Å². The van der Waals surface area contributed by atoms with E-state index in [1.165, 1.54) is 12.8 Å². The molecule has 2 aliphatic rings. The minimum absolute atomic E-state index is 0.0757. The Kier molecular flexibility index (Phi) is 7.54. The van der Waals surface area contributed by atoms with Crippen LogP contribution >= 0.6 is 0 Å². The van der Waals surface area contributed by atoms with Gasteiger partial charge in [-0.25, -0.2) is 4.68 Å². The van der Waals surface area contributed by atoms with Gasteiger partial charge in [0, 0.05) is 27.2 Å². The first kappa shape index (κ1) is 20.2. The van der Waals surface area contributed by atoms with Gasteiger partial charge in [0.15, 0.2) is 5.82 Å². The average Bonchev–Trinajstić information content (AvgIpc) is 3.34. The third kappa shape index (κ3) is 5.95. The minimum Gasteiger partial charge on any atom is -0.383 e. The average molecular weight is 380 g/mol. The molecule has 9 nitrogen and oxygen atoms in total. The van der Waals surface area contributed by atoms with Gasteiger partial charge >= 0.3 is 0 Å². The smallest absolute Gasteiger partial charge is 0.244 e. The highest BCUT2D eigenvalue weighted by atomic mass is 16.5. The van der Waals surface area contributed by atoms with E-state index in [0.29, 0.717) is 5.92 Å². The molecule has 0 radical (unpaired) electrons. The van der Waals surface area contributed by atoms with Crippen molar-refractivity contribution in [3.05, 3.63) is 5.82 Å². The molecule has 152 valence electrons. The normalized spacial score (nSPS) is 19.6. The number of hydrogen-bond acceptors (Lipinski definition) is 7. The Labute approximate surface area is 161 Å². The summed E-state index contributed by atoms with van der Waals surface area (Å²) in [6.45, 7) is 7.88. The van der Waals surface area contributed by atoms with Gasteiger partial charge in [-0.2, -0.15) is 0 Å². The molecule has 2 saturated heterocycles. The summed E-state index contributed by atoms with van der Waals surface area (Å²) in [4.78, 5) is 19.3. The standard InChI is InChI=1S/C18H33N7O2/c1-22(13-16-5-9-23(10-6-16)11-12-27-2)18(26)15-25-17(19-20-21-25)14-24-7-3-4-8-24/h16H,3-15H2,1-2H3. The van der Waals surface area contributed by atoms with Crippen LogP contribution in [0.15, 0.2) is 0 Å². The van der Waals surface area contributed by atoms with Crippen molar-refractivity contribution in [2.24, 2.45) is 5.92 Å². The van der Waals surface area contributed by atoms with Gasteiger partial charge in [0.1, 0.15) is 6.54 Å². The molecule has 0 saturated carbocycles. The molecule has 0 aliphatic carbocycles. The van der Waals surface area contributed by atoms with Crippen molar-refractivity contribution in [1.29, 1.82) is 0 Å². The van der Waals surface area contributed by atoms with E-state index in [2.05, 4.69) is 25.3 Å². The molecule has 1 aromatic heterocycles. The molecule has 1 aromatic rings. The van der Waals surface area contributed by atoms with Gasteiger partial charge in [-0.05, 0) is 68.2 Å². The third-order valence-corrected chi connectivity index (χ3v) is 5.73. The number of methoxy groups -OCH3 is 1. The molecule has 0 atom stereocenters. The number of likely N-dealkylation sites (tertiary alicyclic amines) is 2. The fourth-order valence-corrected chi connectivity index (χ4v) is 3.95. The van der Waals surface area contributed by atoms with E-state index < -0.39 is 0 Å². The monoisotopic (exact) mass is 379 g/mol. The molecule has 9 heteroatoms. The highest BCUT2D eigenvalue weighted by Gasteiger charge is 2.23. The van der Waals surface area contributed by atoms with Gasteiger partial charge in [-0.15, -0.1) is 5.10 Å². The SMILES string of the molecule is COCCN1CCC(CN(C)C(=O)Cn2nnnc2CN2CCCC2)CC1. The number of rotatable bonds is 9. The van der Waals surface area contributed by atoms with Crippen LogP contribution in [0.5, 0.6) is 0 Å². The molecule has 0 spiro atoms. The Hall–Kier alpha value is -1.58. The Bertz CT molecular complexity index is 580. The predicted molar refractivity (Wildman–Crippen MR) is 101 cm³/mol. The summed E-state index contributed by atoms with van der Waals surface area (Å²) >= 11 is 0. The zero-order valence-electron chi connectivity index (χ0n) is 16.7. The van der Waals surface area contributed by atoms with Crippen molar-refractivity contribution < 1.29 is 9.53 Å². The maximum atomic E-state index is 12.6. The number of ether oxygens (including phenoxy) is 1. The van der Waals surface area contributed by atoms with Crippen LogP contribution in [0.3, 0.4) is 0 Å². The lowest BCUT2D eigenvalue weighted by atomic mass is 9.96. The molecule has 3 rings (SSSR count). The Morgan fingerprint density at radius 2 is 1.93 bits per heavy atom. The van der Waals surface area contributed by atoms with Crippen molar-refractivity contribution in [3.63, 3.8) is 0 Å². The number of nitrogens with zero attached hydrogens (tertiary/aromatic N) is 7. The number of tetrazole rings is 1. The second-order valence-electron chi connectivity index (χ2n) is 7.79. The second kappa shape index (κ2) is 10.1. The van der Waals surface area contributed by atoms with E-state index in [9.17, 15) is 4.79 Å². The molecule has 27 heavy (non-hydrogen) atoms. The first-order valence-corrected chi connectivity index (χ1v) is 10.1. The minimum atomic E-state index is 0.0757. The van der Waals surface area contributed by atoms with E-state index >= 15 is 0 Å². The maximum Gasteiger partial charge on any atom is 0.244 e. The molecule has 2 aliphatic heterocycles. The van der Waals surface area contributed by atoms with Crippen LogP contribution in [0.2, 0.25) is 0 Å². The Morgan fingerprint density at radius 1 is 1.19 bits per heavy atom. The third-order valence-electron chi connectivity index (χ3n) is 5.73. The summed E-state index contributed by atoms with van der Waals surface area (Å²) in [6, 6.07) is 0. The van der Waals surface area contributed by atoms with Crippen molar-refractivity contribution in [2.75, 3.05) is 60.0 Å². The fourth-order valence-electron chi connectivity index (χ4n) is 3.95. The first-order valence-electron chi connectivity index (χ1n) is 10.1. The molecule has 0 bridgehead atoms. The van der Waals surface area contributed by atoms with E-state index in [1.807, 2.05) is 11.9 Å². The van der Waals surface area contributed by atoms with Crippen molar-refractivity contribution >= 4 is 5.91 Å². The summed E-state index contributed by atoms with van der Waals surface area (Å²) in [5.41, 5.74) is 0. The summed E-state index contributed by atoms with van der Waals surface area (Å²) in [6.07, 6.45) is 4.72. The zero-order valence-corrected chi connectivity index (χ0v) is 16.7. The molecular weight excluding hydrogens is 346 g/mol. The lowest BCUT2D eigenvalue weighted by Crippen LogP contribution is -2.41. The molecule has 2 fully saturated rings. The van der Waals surface area contributed by atoms with Gasteiger partial charge in [-0.1, -0.05) is 0 Å². The predicted octanol–water partition coefficient (Wildman–Crippen LogP) is 0.0857. The van der Waals surface area contributed by atoms with Gasteiger partial charge in [0.05, 0.1) is 13.2 Å². The Balaban J connectivity index is 1.42. The van der Waals surface area contributed by atoms with E-state index in [0.717, 1.165) is 71.1 Å². The summed E-state index contributed by atoms with van der Waals surface area (Å²) < 4.78 is 6.81. The second-order valence-corrected chi connectivity index (χ2v) is 7.79. The number of likely N-dealkylation sites (N-methyl/N-ethyl adjacent to an activating group) is 1. The summed E-state index contributed by atoms with van der Waals surface area (Å²) in [5.74, 6) is 1.42. The van der Waals surface area contributed by atoms with Crippen molar-refractivity contribution in [1.82, 2.24) is 34.9 Å². The van der Waals surface area contributed by atoms with Gasteiger partial charge in [-0.3, -0.25) is 9.69 Å². The van der Waals surface area contributed by atoms with E-state index in [-0.39, 0.29) is 12.5 Å². The Morgan fingerprint density at radius 3 is 2.63 bits per heavy atom. The molecule has 0 aromatic carbocycles. The molecule has 0 unspecified atom stereocenters. The molecule has 0 N–H and O–H groups in total. The maximum absolute atomic E-state index is 12.6. The largest absolute Gasteiger partial charge is 0.383 e. The number of amides is 1. The van der Waals surface area contributed by atoms with Crippen molar-refractivity contribution in [3.8, 4) is 0 Å². The first-order chi connectivity index (χ1) is 13.2. The van der Waals surface area contributed by atoms with Crippen LogP contribution in [-0.4, -0.2) is 101 Å². The number of hydrogen-bond donors (Lipinski definition) is 0. The van der Waals surface area contributed by atoms with Crippen molar-refractivity contribution in [2.45, 2.75) is 38.8 Å². The van der Waals surface area contributed by atoms with Gasteiger partial charge < -0.3 is 14.5 Å². The van der Waals surface area contributed by atoms with Crippen LogP contribution in [0.25, 0.3) is 0 Å². The number of aromatic nitrogens is 4. The van der Waals surface area contributed by atoms with Crippen LogP contribution in [0.4, 0.5) is 0 Å². The molecular formula is C18H33N7O2. The quantitative estimate of drug-likeness (QED) is 0.601. The van der Waals surface area contributed by atoms with Gasteiger partial charge in [0.2, 0.25) is 5.91 Å². The summed E-state index contributed by atoms with van der Waals surface area (Å²) in [5, 5.41) is 11.9. The van der Waals surface area contributed by atoms with E-state index in [1.54, 1.807) is 11.8 Å². The lowest BCUT2D eigenvalue weighted by Gasteiger charge is -2.33. The fraction of sp³-hybridized carbons (Fsp3) is 0.889. The molecule has 3 heterocycles. The zero-order chi connectivity index (χ0) is 19.1. The van der Waals surface area contributed by atoms with Crippen LogP contribution < -0.4 is 0 Å². The topological polar surface area (TPSA) is 79.6 Å². The summed E-state index contributed by atoms with van der Waals surface area (Å²) in [7, 11) is 3.64. The lowest BCUT2D eigenvalue weighted by molar-refractivity contribution is -0.131. The number of piperidine rings is 1. The molecule has 1 amide bonds. The van der Waals surface area contributed by atoms with Crippen LogP contribution in [-0.2, 0) is 22.6 Å². The highest BCUT2D eigenvalue weighted by Crippen LogP contribution is 2.18. The number of carbonyl (C=O) groups excluding carboxylic acids is 1. The van der Waals surface area contributed by atoms with Crippen LogP contribution in [0.1, 0.15) is 31.5 Å². The van der Waals surface area contributed by atoms with Gasteiger partial charge in [0.25, 0.3) is 0 Å². The highest BCUT2D eigenvalue weighted by molar-refractivity contribution is 5.75. The number of carbonyl (C=O) groups is 1. The van der Waals surface area contributed by atoms with Crippen LogP contribution in [0, 0.1) is 5.92 Å².